The van der Waals surface area contributed by atoms with Gasteiger partial charge < -0.3 is 10.6 Å². The van der Waals surface area contributed by atoms with Gasteiger partial charge in [-0.1, -0.05) is 35.8 Å². The Morgan fingerprint density at radius 2 is 2.05 bits per heavy atom. The van der Waals surface area contributed by atoms with Crippen LogP contribution in [0.1, 0.15) is 30.8 Å². The molecular formula is C16H19BrN4O. The second-order valence-electron chi connectivity index (χ2n) is 5.38. The molecule has 0 unspecified atom stereocenters. The maximum atomic E-state index is 12.1. The highest BCUT2D eigenvalue weighted by Gasteiger charge is 2.09. The third-order valence-corrected chi connectivity index (χ3v) is 3.50. The van der Waals surface area contributed by atoms with E-state index in [1.165, 1.54) is 0 Å². The van der Waals surface area contributed by atoms with Gasteiger partial charge in [-0.25, -0.2) is 0 Å². The quantitative estimate of drug-likeness (QED) is 0.816. The Hall–Kier alpha value is -1.95. The van der Waals surface area contributed by atoms with Crippen molar-refractivity contribution >= 4 is 33.3 Å². The fourth-order valence-electron chi connectivity index (χ4n) is 1.80. The number of hydrogen-bond acceptors (Lipinski definition) is 4. The van der Waals surface area contributed by atoms with Gasteiger partial charge in [-0.15, -0.1) is 10.2 Å². The molecule has 0 spiro atoms. The molecule has 6 heteroatoms. The number of carbonyl (C=O) groups excluding carboxylic acids is 1. The standard InChI is InChI=1S/C16H19BrN4O/c1-11(2)8-9-18-15-7-6-14(20-21-15)16(22)19-13-5-3-4-12(17)10-13/h3-7,10-11H,8-9H2,1-2H3,(H,18,21)(H,19,22). The maximum absolute atomic E-state index is 12.1. The summed E-state index contributed by atoms with van der Waals surface area (Å²) in [5, 5.41) is 14.0. The number of amides is 1. The van der Waals surface area contributed by atoms with Gasteiger partial charge in [-0.3, -0.25) is 4.79 Å². The lowest BCUT2D eigenvalue weighted by Crippen LogP contribution is -2.15. The normalized spacial score (nSPS) is 10.5. The molecule has 5 nitrogen and oxygen atoms in total. The van der Waals surface area contributed by atoms with Crippen molar-refractivity contribution in [1.82, 2.24) is 10.2 Å². The van der Waals surface area contributed by atoms with E-state index in [0.29, 0.717) is 17.4 Å². The molecule has 0 aliphatic carbocycles. The fraction of sp³-hybridized carbons (Fsp3) is 0.312. The summed E-state index contributed by atoms with van der Waals surface area (Å²) in [6.45, 7) is 5.18. The summed E-state index contributed by atoms with van der Waals surface area (Å²) in [6.07, 6.45) is 1.06. The molecule has 0 fully saturated rings. The van der Waals surface area contributed by atoms with E-state index in [2.05, 4.69) is 50.6 Å². The first-order valence-electron chi connectivity index (χ1n) is 7.19. The van der Waals surface area contributed by atoms with Crippen LogP contribution in [0.2, 0.25) is 0 Å². The van der Waals surface area contributed by atoms with Gasteiger partial charge >= 0.3 is 0 Å². The Kier molecular flexibility index (Phi) is 5.89. The monoisotopic (exact) mass is 362 g/mol. The Balaban J connectivity index is 1.93. The zero-order chi connectivity index (χ0) is 15.9. The second-order valence-corrected chi connectivity index (χ2v) is 6.29. The molecule has 22 heavy (non-hydrogen) atoms. The molecule has 1 aromatic heterocycles. The van der Waals surface area contributed by atoms with E-state index in [9.17, 15) is 4.79 Å². The van der Waals surface area contributed by atoms with Crippen molar-refractivity contribution in [1.29, 1.82) is 0 Å². The Morgan fingerprint density at radius 3 is 2.68 bits per heavy atom. The largest absolute Gasteiger partial charge is 0.369 e. The summed E-state index contributed by atoms with van der Waals surface area (Å²) in [6, 6.07) is 10.8. The van der Waals surface area contributed by atoms with Crippen molar-refractivity contribution < 1.29 is 4.79 Å². The zero-order valence-electron chi connectivity index (χ0n) is 12.6. The number of carbonyl (C=O) groups is 1. The third-order valence-electron chi connectivity index (χ3n) is 3.01. The number of hydrogen-bond donors (Lipinski definition) is 2. The molecule has 0 radical (unpaired) electrons. The van der Waals surface area contributed by atoms with Crippen LogP contribution in [-0.2, 0) is 0 Å². The first kappa shape index (κ1) is 16.4. The van der Waals surface area contributed by atoms with E-state index in [4.69, 9.17) is 0 Å². The molecule has 0 saturated carbocycles. The zero-order valence-corrected chi connectivity index (χ0v) is 14.2. The number of rotatable bonds is 6. The molecule has 0 bridgehead atoms. The van der Waals surface area contributed by atoms with Gasteiger partial charge in [-0.05, 0) is 42.7 Å². The SMILES string of the molecule is CC(C)CCNc1ccc(C(=O)Nc2cccc(Br)c2)nn1. The number of anilines is 2. The third kappa shape index (κ3) is 5.11. The van der Waals surface area contributed by atoms with Gasteiger partial charge in [-0.2, -0.15) is 0 Å². The highest BCUT2D eigenvalue weighted by molar-refractivity contribution is 9.10. The number of nitrogens with zero attached hydrogens (tertiary/aromatic N) is 2. The van der Waals surface area contributed by atoms with E-state index in [1.54, 1.807) is 12.1 Å². The van der Waals surface area contributed by atoms with Crippen LogP contribution < -0.4 is 10.6 Å². The first-order valence-corrected chi connectivity index (χ1v) is 7.98. The summed E-state index contributed by atoms with van der Waals surface area (Å²) in [5.74, 6) is 1.04. The predicted octanol–water partition coefficient (Wildman–Crippen LogP) is 3.95. The van der Waals surface area contributed by atoms with E-state index < -0.39 is 0 Å². The van der Waals surface area contributed by atoms with E-state index in [0.717, 1.165) is 17.4 Å². The van der Waals surface area contributed by atoms with Gasteiger partial charge in [0.15, 0.2) is 5.69 Å². The Morgan fingerprint density at radius 1 is 1.23 bits per heavy atom. The lowest BCUT2D eigenvalue weighted by molar-refractivity contribution is 0.102. The number of aromatic nitrogens is 2. The molecule has 1 heterocycles. The minimum absolute atomic E-state index is 0.278. The molecule has 1 aromatic carbocycles. The van der Waals surface area contributed by atoms with E-state index >= 15 is 0 Å². The Bertz CT molecular complexity index is 628. The van der Waals surface area contributed by atoms with E-state index in [-0.39, 0.29) is 11.6 Å². The molecule has 2 aromatic rings. The summed E-state index contributed by atoms with van der Waals surface area (Å²) < 4.78 is 0.904. The Labute approximate surface area is 138 Å². The van der Waals surface area contributed by atoms with Crippen LogP contribution in [0.4, 0.5) is 11.5 Å². The first-order chi connectivity index (χ1) is 10.5. The predicted molar refractivity (Wildman–Crippen MR) is 92.1 cm³/mol. The van der Waals surface area contributed by atoms with Crippen LogP contribution in [0.3, 0.4) is 0 Å². The summed E-state index contributed by atoms with van der Waals surface area (Å²) in [7, 11) is 0. The van der Waals surface area contributed by atoms with Crippen LogP contribution in [-0.4, -0.2) is 22.6 Å². The van der Waals surface area contributed by atoms with Crippen molar-refractivity contribution in [2.75, 3.05) is 17.2 Å². The molecule has 0 atom stereocenters. The second kappa shape index (κ2) is 7.89. The van der Waals surface area contributed by atoms with Crippen molar-refractivity contribution in [2.45, 2.75) is 20.3 Å². The summed E-state index contributed by atoms with van der Waals surface area (Å²) >= 11 is 3.36. The lowest BCUT2D eigenvalue weighted by atomic mass is 10.1. The fourth-order valence-corrected chi connectivity index (χ4v) is 2.20. The molecule has 2 rings (SSSR count). The van der Waals surface area contributed by atoms with Crippen LogP contribution in [0.25, 0.3) is 0 Å². The lowest BCUT2D eigenvalue weighted by Gasteiger charge is -2.08. The van der Waals surface area contributed by atoms with Crippen molar-refractivity contribution in [3.8, 4) is 0 Å². The smallest absolute Gasteiger partial charge is 0.276 e. The van der Waals surface area contributed by atoms with E-state index in [1.807, 2.05) is 24.3 Å². The number of nitrogens with one attached hydrogen (secondary N) is 2. The van der Waals surface area contributed by atoms with Gasteiger partial charge in [0.05, 0.1) is 0 Å². The van der Waals surface area contributed by atoms with Crippen LogP contribution >= 0.6 is 15.9 Å². The van der Waals surface area contributed by atoms with Crippen molar-refractivity contribution in [3.63, 3.8) is 0 Å². The van der Waals surface area contributed by atoms with Gasteiger partial charge in [0, 0.05) is 16.7 Å². The minimum atomic E-state index is -0.278. The molecule has 116 valence electrons. The summed E-state index contributed by atoms with van der Waals surface area (Å²) in [5.41, 5.74) is 0.995. The molecular weight excluding hydrogens is 344 g/mol. The topological polar surface area (TPSA) is 66.9 Å². The molecule has 0 aliphatic rings. The molecule has 2 N–H and O–H groups in total. The van der Waals surface area contributed by atoms with Gasteiger partial charge in [0.1, 0.15) is 5.82 Å². The maximum Gasteiger partial charge on any atom is 0.276 e. The van der Waals surface area contributed by atoms with Gasteiger partial charge in [0.25, 0.3) is 5.91 Å². The highest BCUT2D eigenvalue weighted by Crippen LogP contribution is 2.16. The van der Waals surface area contributed by atoms with Crippen LogP contribution in [0.15, 0.2) is 40.9 Å². The van der Waals surface area contributed by atoms with Gasteiger partial charge in [0.2, 0.25) is 0 Å². The number of benzene rings is 1. The minimum Gasteiger partial charge on any atom is -0.369 e. The average molecular weight is 363 g/mol. The van der Waals surface area contributed by atoms with Crippen LogP contribution in [0, 0.1) is 5.92 Å². The number of halogens is 1. The highest BCUT2D eigenvalue weighted by atomic mass is 79.9. The summed E-state index contributed by atoms with van der Waals surface area (Å²) in [4.78, 5) is 12.1. The van der Waals surface area contributed by atoms with Crippen molar-refractivity contribution in [2.24, 2.45) is 5.92 Å². The molecule has 1 amide bonds. The molecule has 0 aliphatic heterocycles. The van der Waals surface area contributed by atoms with Crippen LogP contribution in [0.5, 0.6) is 0 Å². The molecule has 0 saturated heterocycles. The average Bonchev–Trinajstić information content (AvgIpc) is 2.47. The van der Waals surface area contributed by atoms with Crippen molar-refractivity contribution in [3.05, 3.63) is 46.6 Å².